The maximum absolute atomic E-state index is 13.1. The highest BCUT2D eigenvalue weighted by molar-refractivity contribution is 8.00. The number of likely N-dealkylation sites (tertiary alicyclic amines) is 1. The van der Waals surface area contributed by atoms with Gasteiger partial charge in [-0.2, -0.15) is 5.10 Å². The lowest BCUT2D eigenvalue weighted by Gasteiger charge is -2.31. The molecule has 8 heteroatoms. The molecule has 4 rings (SSSR count). The fourth-order valence-corrected chi connectivity index (χ4v) is 4.68. The van der Waals surface area contributed by atoms with Crippen LogP contribution in [-0.2, 0) is 4.79 Å². The average molecular weight is 439 g/mol. The third-order valence-electron chi connectivity index (χ3n) is 5.13. The minimum atomic E-state index is -0.225. The predicted octanol–water partition coefficient (Wildman–Crippen LogP) is 4.37. The van der Waals surface area contributed by atoms with E-state index in [0.29, 0.717) is 29.6 Å². The van der Waals surface area contributed by atoms with Crippen molar-refractivity contribution in [3.8, 4) is 5.69 Å². The second-order valence-corrected chi connectivity index (χ2v) is 8.84. The Kier molecular flexibility index (Phi) is 6.36. The Morgan fingerprint density at radius 2 is 1.74 bits per heavy atom. The van der Waals surface area contributed by atoms with E-state index in [1.165, 1.54) is 19.1 Å². The van der Waals surface area contributed by atoms with Gasteiger partial charge in [-0.25, -0.2) is 9.07 Å². The van der Waals surface area contributed by atoms with Crippen molar-refractivity contribution in [3.05, 3.63) is 72.3 Å². The van der Waals surface area contributed by atoms with Gasteiger partial charge in [0, 0.05) is 35.7 Å². The second-order valence-electron chi connectivity index (χ2n) is 7.46. The first-order valence-corrected chi connectivity index (χ1v) is 11.0. The van der Waals surface area contributed by atoms with Crippen molar-refractivity contribution < 1.29 is 14.0 Å². The van der Waals surface area contributed by atoms with E-state index in [1.807, 2.05) is 17.0 Å². The number of rotatable bonds is 5. The maximum atomic E-state index is 13.1. The second kappa shape index (κ2) is 9.34. The molecule has 0 aliphatic carbocycles. The fourth-order valence-electron chi connectivity index (χ4n) is 3.55. The summed E-state index contributed by atoms with van der Waals surface area (Å²) in [7, 11) is 0. The van der Waals surface area contributed by atoms with E-state index < -0.39 is 0 Å². The van der Waals surface area contributed by atoms with Gasteiger partial charge in [0.1, 0.15) is 5.82 Å². The molecule has 1 saturated heterocycles. The lowest BCUT2D eigenvalue weighted by Crippen LogP contribution is -2.39. The summed E-state index contributed by atoms with van der Waals surface area (Å²) >= 11 is 1.75. The summed E-state index contributed by atoms with van der Waals surface area (Å²) < 4.78 is 14.7. The van der Waals surface area contributed by atoms with Crippen molar-refractivity contribution in [2.45, 2.75) is 29.9 Å². The Bertz CT molecular complexity index is 1060. The van der Waals surface area contributed by atoms with E-state index in [4.69, 9.17) is 0 Å². The lowest BCUT2D eigenvalue weighted by atomic mass is 10.1. The number of hydrogen-bond acceptors (Lipinski definition) is 4. The predicted molar refractivity (Wildman–Crippen MR) is 119 cm³/mol. The zero-order chi connectivity index (χ0) is 21.8. The number of aromatic nitrogens is 2. The van der Waals surface area contributed by atoms with E-state index in [0.717, 1.165) is 23.4 Å². The minimum Gasteiger partial charge on any atom is -0.339 e. The largest absolute Gasteiger partial charge is 0.339 e. The highest BCUT2D eigenvalue weighted by atomic mass is 32.2. The molecule has 160 valence electrons. The smallest absolute Gasteiger partial charge is 0.253 e. The van der Waals surface area contributed by atoms with Crippen molar-refractivity contribution in [2.24, 2.45) is 0 Å². The van der Waals surface area contributed by atoms with Crippen molar-refractivity contribution in [2.75, 3.05) is 18.4 Å². The summed E-state index contributed by atoms with van der Waals surface area (Å²) in [6.07, 6.45) is 5.12. The molecule has 3 aromatic rings. The molecule has 0 atom stereocenters. The molecule has 2 aromatic carbocycles. The maximum Gasteiger partial charge on any atom is 0.253 e. The molecule has 2 heterocycles. The van der Waals surface area contributed by atoms with E-state index in [2.05, 4.69) is 10.4 Å². The molecular weight excluding hydrogens is 415 g/mol. The van der Waals surface area contributed by atoms with Crippen LogP contribution < -0.4 is 5.32 Å². The Labute approximate surface area is 184 Å². The number of nitrogens with zero attached hydrogens (tertiary/aromatic N) is 3. The van der Waals surface area contributed by atoms with Crippen LogP contribution in [0.4, 0.5) is 10.1 Å². The molecule has 0 bridgehead atoms. The van der Waals surface area contributed by atoms with E-state index >= 15 is 0 Å². The third kappa shape index (κ3) is 5.32. The average Bonchev–Trinajstić information content (AvgIpc) is 3.23. The number of thioether (sulfide) groups is 1. The van der Waals surface area contributed by atoms with Gasteiger partial charge in [-0.1, -0.05) is 0 Å². The van der Waals surface area contributed by atoms with Crippen LogP contribution in [0.5, 0.6) is 0 Å². The van der Waals surface area contributed by atoms with Crippen LogP contribution in [-0.4, -0.2) is 44.8 Å². The number of halogens is 1. The standard InChI is InChI=1S/C23H23FN4O2S/c1-16(29)26-19-14-25-28(15-19)20-6-2-17(3-7-20)23(30)27-12-10-22(11-13-27)31-21-8-4-18(24)5-9-21/h2-9,14-15,22H,10-13H2,1H3,(H,26,29). The summed E-state index contributed by atoms with van der Waals surface area (Å²) in [5.74, 6) is -0.354. The van der Waals surface area contributed by atoms with Crippen LogP contribution in [0.25, 0.3) is 5.69 Å². The SMILES string of the molecule is CC(=O)Nc1cnn(-c2ccc(C(=O)N3CCC(Sc4ccc(F)cc4)CC3)cc2)c1. The van der Waals surface area contributed by atoms with Gasteiger partial charge in [0.2, 0.25) is 5.91 Å². The number of benzene rings is 2. The van der Waals surface area contributed by atoms with Gasteiger partial charge in [-0.05, 0) is 61.4 Å². The normalized spacial score (nSPS) is 14.5. The number of nitrogens with one attached hydrogen (secondary N) is 1. The van der Waals surface area contributed by atoms with Gasteiger partial charge in [0.05, 0.1) is 23.8 Å². The van der Waals surface area contributed by atoms with Crippen molar-refractivity contribution >= 4 is 29.3 Å². The Morgan fingerprint density at radius 1 is 1.06 bits per heavy atom. The quantitative estimate of drug-likeness (QED) is 0.643. The van der Waals surface area contributed by atoms with Crippen LogP contribution in [0, 0.1) is 5.82 Å². The molecular formula is C23H23FN4O2S. The molecule has 0 unspecified atom stereocenters. The van der Waals surface area contributed by atoms with Crippen LogP contribution in [0.1, 0.15) is 30.1 Å². The van der Waals surface area contributed by atoms with Crippen molar-refractivity contribution in [3.63, 3.8) is 0 Å². The molecule has 1 aliphatic heterocycles. The molecule has 0 spiro atoms. The summed E-state index contributed by atoms with van der Waals surface area (Å²) in [4.78, 5) is 27.0. The number of carbonyl (C=O) groups is 2. The summed E-state index contributed by atoms with van der Waals surface area (Å²) in [6, 6.07) is 13.9. The summed E-state index contributed by atoms with van der Waals surface area (Å²) in [5.41, 5.74) is 2.07. The Morgan fingerprint density at radius 3 is 2.39 bits per heavy atom. The first kappa shape index (κ1) is 21.1. The zero-order valence-electron chi connectivity index (χ0n) is 17.1. The van der Waals surface area contributed by atoms with Gasteiger partial charge in [-0.3, -0.25) is 9.59 Å². The highest BCUT2D eigenvalue weighted by Gasteiger charge is 2.24. The molecule has 2 amide bonds. The zero-order valence-corrected chi connectivity index (χ0v) is 17.9. The van der Waals surface area contributed by atoms with Crippen LogP contribution in [0.2, 0.25) is 0 Å². The third-order valence-corrected chi connectivity index (χ3v) is 6.48. The molecule has 31 heavy (non-hydrogen) atoms. The van der Waals surface area contributed by atoms with Crippen molar-refractivity contribution in [1.82, 2.24) is 14.7 Å². The summed E-state index contributed by atoms with van der Waals surface area (Å²) in [5, 5.41) is 7.35. The van der Waals surface area contributed by atoms with Crippen LogP contribution in [0.15, 0.2) is 65.8 Å². The number of carbonyl (C=O) groups excluding carboxylic acids is 2. The molecule has 1 N–H and O–H groups in total. The first-order valence-electron chi connectivity index (χ1n) is 10.1. The van der Waals surface area contributed by atoms with E-state index in [9.17, 15) is 14.0 Å². The first-order chi connectivity index (χ1) is 15.0. The van der Waals surface area contributed by atoms with Gasteiger partial charge < -0.3 is 10.2 Å². The van der Waals surface area contributed by atoms with E-state index in [-0.39, 0.29) is 17.6 Å². The number of amides is 2. The Balaban J connectivity index is 1.33. The summed E-state index contributed by atoms with van der Waals surface area (Å²) in [6.45, 7) is 2.86. The molecule has 1 aliphatic rings. The topological polar surface area (TPSA) is 67.2 Å². The van der Waals surface area contributed by atoms with Crippen LogP contribution in [0.3, 0.4) is 0 Å². The van der Waals surface area contributed by atoms with E-state index in [1.54, 1.807) is 53.1 Å². The van der Waals surface area contributed by atoms with Gasteiger partial charge in [-0.15, -0.1) is 11.8 Å². The fraction of sp³-hybridized carbons (Fsp3) is 0.261. The van der Waals surface area contributed by atoms with Crippen LogP contribution >= 0.6 is 11.8 Å². The molecule has 0 saturated carbocycles. The Hall–Kier alpha value is -3.13. The number of hydrogen-bond donors (Lipinski definition) is 1. The van der Waals surface area contributed by atoms with Gasteiger partial charge >= 0.3 is 0 Å². The molecule has 6 nitrogen and oxygen atoms in total. The minimum absolute atomic E-state index is 0.0242. The molecule has 1 aromatic heterocycles. The molecule has 1 fully saturated rings. The number of piperidine rings is 1. The van der Waals surface area contributed by atoms with Gasteiger partial charge in [0.25, 0.3) is 5.91 Å². The van der Waals surface area contributed by atoms with Gasteiger partial charge in [0.15, 0.2) is 0 Å². The van der Waals surface area contributed by atoms with Crippen molar-refractivity contribution in [1.29, 1.82) is 0 Å². The number of anilines is 1. The molecule has 0 radical (unpaired) electrons. The lowest BCUT2D eigenvalue weighted by molar-refractivity contribution is -0.114. The highest BCUT2D eigenvalue weighted by Crippen LogP contribution is 2.31. The monoisotopic (exact) mass is 438 g/mol.